The van der Waals surface area contributed by atoms with Gasteiger partial charge in [-0.1, -0.05) is 0 Å². The first kappa shape index (κ1) is 9.47. The molecule has 2 rings (SSSR count). The van der Waals surface area contributed by atoms with Gasteiger partial charge in [-0.05, 0) is 17.1 Å². The number of nitrogens with zero attached hydrogens (tertiary/aromatic N) is 1. The molecule has 13 heavy (non-hydrogen) atoms. The number of anilines is 1. The normalized spacial score (nSPS) is 9.54. The Morgan fingerprint density at radius 1 is 1.54 bits per heavy atom. The predicted octanol–water partition coefficient (Wildman–Crippen LogP) is -3.68. The van der Waals surface area contributed by atoms with Gasteiger partial charge in [0.25, 0.3) is 5.56 Å². The fraction of sp³-hybridized carbons (Fsp3) is 0. The Morgan fingerprint density at radius 2 is 2.31 bits per heavy atom. The summed E-state index contributed by atoms with van der Waals surface area (Å²) in [6.07, 6.45) is 1.69. The molecule has 0 aliphatic rings. The first-order valence-electron chi connectivity index (χ1n) is 3.43. The minimum Gasteiger partial charge on any atom is -1.00 e. The molecule has 0 saturated carbocycles. The second-order valence-electron chi connectivity index (χ2n) is 2.38. The lowest BCUT2D eigenvalue weighted by molar-refractivity contribution is -0.347. The Hall–Kier alpha value is -1.62. The van der Waals surface area contributed by atoms with Gasteiger partial charge in [-0.25, -0.2) is 4.98 Å². The number of nitrogens with one attached hydrogen (secondary N) is 2. The van der Waals surface area contributed by atoms with Crippen LogP contribution in [0.4, 0.5) is 5.95 Å². The second kappa shape index (κ2) is 3.40. The molecule has 4 N–H and O–H groups in total. The van der Waals surface area contributed by atoms with Crippen molar-refractivity contribution >= 4 is 17.0 Å². The van der Waals surface area contributed by atoms with Crippen LogP contribution in [0.3, 0.4) is 0 Å². The molecule has 0 aliphatic carbocycles. The van der Waals surface area contributed by atoms with Crippen molar-refractivity contribution < 1.29 is 17.4 Å². The van der Waals surface area contributed by atoms with E-state index in [0.717, 1.165) is 0 Å². The van der Waals surface area contributed by atoms with Gasteiger partial charge in [0.15, 0.2) is 0 Å². The van der Waals surface area contributed by atoms with E-state index in [9.17, 15) is 4.79 Å². The van der Waals surface area contributed by atoms with E-state index in [0.29, 0.717) is 11.0 Å². The lowest BCUT2D eigenvalue weighted by Crippen LogP contribution is -3.00. The molecule has 0 saturated heterocycles. The Labute approximate surface area is 79.4 Å². The highest BCUT2D eigenvalue weighted by atomic mass is 35.5. The van der Waals surface area contributed by atoms with Crippen molar-refractivity contribution in [1.29, 1.82) is 0 Å². The van der Waals surface area contributed by atoms with E-state index in [2.05, 4.69) is 15.0 Å². The molecule has 0 spiro atoms. The summed E-state index contributed by atoms with van der Waals surface area (Å²) >= 11 is 0. The molecule has 2 aromatic rings. The maximum absolute atomic E-state index is 11.2. The number of H-pyrrole nitrogens is 2. The molecule has 0 unspecified atom stereocenters. The molecule has 0 amide bonds. The molecule has 2 heterocycles. The van der Waals surface area contributed by atoms with Crippen molar-refractivity contribution in [3.05, 3.63) is 28.7 Å². The number of aromatic nitrogens is 3. The van der Waals surface area contributed by atoms with Crippen LogP contribution in [-0.2, 0) is 0 Å². The summed E-state index contributed by atoms with van der Waals surface area (Å²) in [5, 5.41) is 0.506. The average Bonchev–Trinajstić information content (AvgIpc) is 2.04. The summed E-state index contributed by atoms with van der Waals surface area (Å²) < 4.78 is 0. The Morgan fingerprint density at radius 3 is 3.08 bits per heavy atom. The number of hydrogen-bond donors (Lipinski definition) is 2. The summed E-state index contributed by atoms with van der Waals surface area (Å²) in [6, 6.07) is 3.41. The monoisotopic (exact) mass is 198 g/mol. The molecular weight excluding hydrogens is 192 g/mol. The number of hydrogen-bond acceptors (Lipinski definition) is 3. The smallest absolute Gasteiger partial charge is 0.338 e. The first-order chi connectivity index (χ1) is 5.77. The lowest BCUT2D eigenvalue weighted by Gasteiger charge is -1.87. The van der Waals surface area contributed by atoms with Crippen LogP contribution in [0.1, 0.15) is 0 Å². The highest BCUT2D eigenvalue weighted by Gasteiger charge is 2.07. The van der Waals surface area contributed by atoms with Crippen LogP contribution in [0.2, 0.25) is 0 Å². The van der Waals surface area contributed by atoms with Crippen molar-refractivity contribution in [3.8, 4) is 0 Å². The van der Waals surface area contributed by atoms with E-state index in [1.807, 2.05) is 0 Å². The van der Waals surface area contributed by atoms with E-state index in [4.69, 9.17) is 5.73 Å². The Kier molecular flexibility index (Phi) is 2.48. The van der Waals surface area contributed by atoms with Crippen molar-refractivity contribution in [2.75, 3.05) is 5.73 Å². The van der Waals surface area contributed by atoms with Crippen LogP contribution >= 0.6 is 0 Å². The maximum Gasteiger partial charge on any atom is 0.338 e. The quantitative estimate of drug-likeness (QED) is 0.457. The molecule has 6 heteroatoms. The van der Waals surface area contributed by atoms with Gasteiger partial charge in [0.1, 0.15) is 5.39 Å². The highest BCUT2D eigenvalue weighted by Crippen LogP contribution is 1.98. The molecule has 0 aliphatic heterocycles. The Balaban J connectivity index is 0.000000845. The van der Waals surface area contributed by atoms with E-state index in [-0.39, 0.29) is 23.9 Å². The average molecular weight is 199 g/mol. The van der Waals surface area contributed by atoms with Crippen LogP contribution in [0, 0.1) is 0 Å². The molecule has 0 fully saturated rings. The number of pyridine rings is 1. The van der Waals surface area contributed by atoms with Crippen molar-refractivity contribution in [2.24, 2.45) is 0 Å². The number of aromatic amines is 2. The van der Waals surface area contributed by atoms with Gasteiger partial charge < -0.3 is 18.1 Å². The summed E-state index contributed by atoms with van der Waals surface area (Å²) in [4.78, 5) is 20.3. The first-order valence-corrected chi connectivity index (χ1v) is 3.43. The molecule has 68 valence electrons. The maximum atomic E-state index is 11.2. The van der Waals surface area contributed by atoms with E-state index >= 15 is 0 Å². The van der Waals surface area contributed by atoms with E-state index in [1.165, 1.54) is 0 Å². The number of fused-ring (bicyclic) bond motifs is 1. The molecule has 2 aromatic heterocycles. The minimum absolute atomic E-state index is 0. The molecule has 0 atom stereocenters. The highest BCUT2D eigenvalue weighted by molar-refractivity contribution is 5.70. The number of halogens is 1. The van der Waals surface area contributed by atoms with Gasteiger partial charge in [-0.15, -0.1) is 0 Å². The van der Waals surface area contributed by atoms with Gasteiger partial charge in [0.2, 0.25) is 0 Å². The summed E-state index contributed by atoms with van der Waals surface area (Å²) in [5.41, 5.74) is 5.61. The van der Waals surface area contributed by atoms with Crippen LogP contribution in [0.15, 0.2) is 23.1 Å². The van der Waals surface area contributed by atoms with E-state index < -0.39 is 0 Å². The fourth-order valence-corrected chi connectivity index (χ4v) is 1.04. The standard InChI is InChI=1S/C7H6N4O.ClH/c8-7-10-5-4(6(12)11-7)2-1-3-9-5;/h1-3H,(H3,8,9,10,11,12);1H. The predicted molar refractivity (Wildman–Crippen MR) is 43.3 cm³/mol. The second-order valence-corrected chi connectivity index (χ2v) is 2.38. The zero-order valence-electron chi connectivity index (χ0n) is 6.54. The zero-order valence-corrected chi connectivity index (χ0v) is 7.30. The van der Waals surface area contributed by atoms with Crippen LogP contribution in [0.25, 0.3) is 11.0 Å². The largest absolute Gasteiger partial charge is 1.00 e. The third-order valence-electron chi connectivity index (χ3n) is 1.55. The number of nitrogen functional groups attached to an aromatic ring is 1. The number of nitrogens with two attached hydrogens (primary N) is 1. The zero-order chi connectivity index (χ0) is 8.55. The molecule has 0 radical (unpaired) electrons. The van der Waals surface area contributed by atoms with E-state index in [1.54, 1.807) is 18.3 Å². The third-order valence-corrected chi connectivity index (χ3v) is 1.55. The van der Waals surface area contributed by atoms with Crippen molar-refractivity contribution in [2.45, 2.75) is 0 Å². The minimum atomic E-state index is -0.227. The van der Waals surface area contributed by atoms with Gasteiger partial charge in [0.05, 0.1) is 6.20 Å². The molecule has 0 aromatic carbocycles. The van der Waals surface area contributed by atoms with Crippen LogP contribution in [0.5, 0.6) is 0 Å². The van der Waals surface area contributed by atoms with Crippen LogP contribution < -0.4 is 28.7 Å². The molecule has 0 bridgehead atoms. The lowest BCUT2D eigenvalue weighted by atomic mass is 10.3. The Bertz CT molecular complexity index is 481. The fourth-order valence-electron chi connectivity index (χ4n) is 1.04. The molecule has 5 nitrogen and oxygen atoms in total. The summed E-state index contributed by atoms with van der Waals surface area (Å²) in [5.74, 6) is 0.120. The van der Waals surface area contributed by atoms with Gasteiger partial charge in [0, 0.05) is 0 Å². The summed E-state index contributed by atoms with van der Waals surface area (Å²) in [6.45, 7) is 0. The van der Waals surface area contributed by atoms with Crippen molar-refractivity contribution in [3.63, 3.8) is 0 Å². The SMILES string of the molecule is Nc1nc2[nH+]cccc2c(=O)[nH]1.[Cl-]. The van der Waals surface area contributed by atoms with Gasteiger partial charge in [-0.2, -0.15) is 0 Å². The number of rotatable bonds is 0. The third kappa shape index (κ3) is 1.59. The molecular formula is C7H7ClN4O. The van der Waals surface area contributed by atoms with Gasteiger partial charge >= 0.3 is 11.6 Å². The van der Waals surface area contributed by atoms with Crippen molar-refractivity contribution in [1.82, 2.24) is 9.97 Å². The summed E-state index contributed by atoms with van der Waals surface area (Å²) in [7, 11) is 0. The topological polar surface area (TPSA) is 85.9 Å². The van der Waals surface area contributed by atoms with Crippen LogP contribution in [-0.4, -0.2) is 9.97 Å². The van der Waals surface area contributed by atoms with Gasteiger partial charge in [-0.3, -0.25) is 9.78 Å².